The van der Waals surface area contributed by atoms with Gasteiger partial charge in [-0.15, -0.1) is 0 Å². The van der Waals surface area contributed by atoms with Gasteiger partial charge in [-0.1, -0.05) is 81.8 Å². The second-order valence-electron chi connectivity index (χ2n) is 13.3. The van der Waals surface area contributed by atoms with Crippen LogP contribution in [0.2, 0.25) is 0 Å². The van der Waals surface area contributed by atoms with Crippen molar-refractivity contribution in [3.05, 3.63) is 95.7 Å². The molecule has 0 bridgehead atoms. The lowest BCUT2D eigenvalue weighted by Gasteiger charge is -2.27. The number of hydrogen-bond donors (Lipinski definition) is 2. The molecular weight excluding hydrogens is 620 g/mol. The zero-order chi connectivity index (χ0) is 31.6. The van der Waals surface area contributed by atoms with E-state index >= 15 is 0 Å². The van der Waals surface area contributed by atoms with Gasteiger partial charge in [-0.05, 0) is 70.2 Å². The van der Waals surface area contributed by atoms with E-state index in [-0.39, 0.29) is 33.7 Å². The first kappa shape index (κ1) is 36.5. The van der Waals surface area contributed by atoms with Crippen LogP contribution in [0, 0.1) is 0 Å². The Hall–Kier alpha value is -2.96. The first-order valence-electron chi connectivity index (χ1n) is 16.9. The van der Waals surface area contributed by atoms with E-state index in [1.165, 1.54) is 46.8 Å². The van der Waals surface area contributed by atoms with Gasteiger partial charge in [0, 0.05) is 60.4 Å². The van der Waals surface area contributed by atoms with Crippen molar-refractivity contribution in [2.24, 2.45) is 5.73 Å². The molecule has 0 aromatic heterocycles. The molecule has 0 saturated carbocycles. The SMILES string of the molecule is CCCCN1/C(=C/C=C/C=C/C2=[N+](CCCCCC(=O)NCCCCN)c3ccccc3C2(C)C)C(C)(C)c2ccccc21.[Br-]. The van der Waals surface area contributed by atoms with Gasteiger partial charge in [0.2, 0.25) is 11.6 Å². The lowest BCUT2D eigenvalue weighted by molar-refractivity contribution is -0.438. The Morgan fingerprint density at radius 2 is 1.60 bits per heavy atom. The van der Waals surface area contributed by atoms with Crippen molar-refractivity contribution in [1.82, 2.24) is 5.32 Å². The molecule has 0 radical (unpaired) electrons. The summed E-state index contributed by atoms with van der Waals surface area (Å²) in [6.07, 6.45) is 19.1. The Bertz CT molecular complexity index is 1400. The largest absolute Gasteiger partial charge is 1.00 e. The van der Waals surface area contributed by atoms with Crippen LogP contribution >= 0.6 is 0 Å². The van der Waals surface area contributed by atoms with Crippen molar-refractivity contribution in [1.29, 1.82) is 0 Å². The molecule has 0 saturated heterocycles. The maximum Gasteiger partial charge on any atom is 0.219 e. The number of anilines is 1. The molecular formula is C39H55BrN4O. The monoisotopic (exact) mass is 674 g/mol. The number of carbonyl (C=O) groups excluding carboxylic acids is 1. The molecule has 4 rings (SSSR count). The molecule has 0 atom stereocenters. The lowest BCUT2D eigenvalue weighted by Crippen LogP contribution is -3.00. The van der Waals surface area contributed by atoms with Crippen LogP contribution in [-0.4, -0.2) is 42.4 Å². The van der Waals surface area contributed by atoms with Crippen LogP contribution < -0.4 is 32.9 Å². The van der Waals surface area contributed by atoms with Crippen LogP contribution in [0.3, 0.4) is 0 Å². The predicted octanol–water partition coefficient (Wildman–Crippen LogP) is 5.08. The minimum absolute atomic E-state index is 0. The number of benzene rings is 2. The molecule has 2 aromatic carbocycles. The second-order valence-corrected chi connectivity index (χ2v) is 13.3. The third-order valence-corrected chi connectivity index (χ3v) is 9.30. The number of hydrogen-bond acceptors (Lipinski definition) is 3. The van der Waals surface area contributed by atoms with Crippen molar-refractivity contribution in [2.45, 2.75) is 96.8 Å². The topological polar surface area (TPSA) is 61.4 Å². The van der Waals surface area contributed by atoms with Gasteiger partial charge in [-0.3, -0.25) is 4.79 Å². The molecule has 0 unspecified atom stereocenters. The van der Waals surface area contributed by atoms with Gasteiger partial charge >= 0.3 is 0 Å². The van der Waals surface area contributed by atoms with E-state index in [1.54, 1.807) is 0 Å². The Balaban J connectivity index is 0.00000552. The average Bonchev–Trinajstić information content (AvgIpc) is 3.36. The summed E-state index contributed by atoms with van der Waals surface area (Å²) in [6, 6.07) is 17.7. The van der Waals surface area contributed by atoms with Crippen molar-refractivity contribution >= 4 is 23.0 Å². The molecule has 0 fully saturated rings. The number of amides is 1. The summed E-state index contributed by atoms with van der Waals surface area (Å²) in [5.41, 5.74) is 13.6. The predicted molar refractivity (Wildman–Crippen MR) is 187 cm³/mol. The number of fused-ring (bicyclic) bond motifs is 2. The molecule has 5 nitrogen and oxygen atoms in total. The minimum Gasteiger partial charge on any atom is -1.00 e. The zero-order valence-corrected chi connectivity index (χ0v) is 29.8. The molecule has 45 heavy (non-hydrogen) atoms. The van der Waals surface area contributed by atoms with Crippen molar-refractivity contribution < 1.29 is 26.4 Å². The van der Waals surface area contributed by atoms with Crippen LogP contribution in [0.25, 0.3) is 0 Å². The summed E-state index contributed by atoms with van der Waals surface area (Å²) in [7, 11) is 0. The molecule has 2 aliphatic rings. The fourth-order valence-corrected chi connectivity index (χ4v) is 6.76. The van der Waals surface area contributed by atoms with Gasteiger partial charge in [0.1, 0.15) is 6.54 Å². The lowest BCUT2D eigenvalue weighted by atomic mass is 9.81. The molecule has 0 spiro atoms. The highest BCUT2D eigenvalue weighted by Crippen LogP contribution is 2.47. The molecule has 3 N–H and O–H groups in total. The summed E-state index contributed by atoms with van der Waals surface area (Å²) in [4.78, 5) is 14.7. The van der Waals surface area contributed by atoms with Crippen LogP contribution in [0.4, 0.5) is 11.4 Å². The number of halogens is 1. The summed E-state index contributed by atoms with van der Waals surface area (Å²) in [6.45, 7) is 15.0. The Morgan fingerprint density at radius 1 is 0.867 bits per heavy atom. The van der Waals surface area contributed by atoms with Gasteiger partial charge in [0.25, 0.3) is 0 Å². The van der Waals surface area contributed by atoms with Crippen LogP contribution in [0.1, 0.15) is 97.1 Å². The number of nitrogens with zero attached hydrogens (tertiary/aromatic N) is 2. The van der Waals surface area contributed by atoms with E-state index < -0.39 is 0 Å². The van der Waals surface area contributed by atoms with Crippen molar-refractivity contribution in [3.63, 3.8) is 0 Å². The van der Waals surface area contributed by atoms with Crippen LogP contribution in [0.5, 0.6) is 0 Å². The van der Waals surface area contributed by atoms with E-state index in [4.69, 9.17) is 5.73 Å². The number of nitrogens with one attached hydrogen (secondary N) is 1. The Kier molecular flexibility index (Phi) is 13.9. The molecule has 1 amide bonds. The normalized spacial score (nSPS) is 17.3. The third-order valence-electron chi connectivity index (χ3n) is 9.30. The quantitative estimate of drug-likeness (QED) is 0.148. The number of rotatable bonds is 16. The molecule has 244 valence electrons. The van der Waals surface area contributed by atoms with E-state index in [2.05, 4.69) is 128 Å². The first-order chi connectivity index (χ1) is 21.2. The van der Waals surface area contributed by atoms with Crippen LogP contribution in [0.15, 0.2) is 84.6 Å². The fourth-order valence-electron chi connectivity index (χ4n) is 6.76. The highest BCUT2D eigenvalue weighted by molar-refractivity contribution is 6.03. The summed E-state index contributed by atoms with van der Waals surface area (Å²) in [5.74, 6) is 0.157. The van der Waals surface area contributed by atoms with Gasteiger partial charge in [0.15, 0.2) is 5.71 Å². The maximum absolute atomic E-state index is 12.2. The minimum atomic E-state index is -0.0746. The molecule has 2 aliphatic heterocycles. The van der Waals surface area contributed by atoms with Gasteiger partial charge in [-0.2, -0.15) is 4.58 Å². The summed E-state index contributed by atoms with van der Waals surface area (Å²) in [5, 5.41) is 3.02. The highest BCUT2D eigenvalue weighted by atomic mass is 79.9. The van der Waals surface area contributed by atoms with Crippen molar-refractivity contribution in [2.75, 3.05) is 31.1 Å². The average molecular weight is 676 g/mol. The highest BCUT2D eigenvalue weighted by Gasteiger charge is 2.43. The van der Waals surface area contributed by atoms with Gasteiger partial charge in [0.05, 0.1) is 5.41 Å². The smallest absolute Gasteiger partial charge is 0.219 e. The number of para-hydroxylation sites is 2. The van der Waals surface area contributed by atoms with E-state index in [0.29, 0.717) is 13.0 Å². The fraction of sp³-hybridized carbons (Fsp3) is 0.487. The molecule has 2 heterocycles. The summed E-state index contributed by atoms with van der Waals surface area (Å²) >= 11 is 0. The van der Waals surface area contributed by atoms with E-state index in [1.807, 2.05) is 0 Å². The van der Waals surface area contributed by atoms with Gasteiger partial charge < -0.3 is 32.9 Å². The Morgan fingerprint density at radius 3 is 2.36 bits per heavy atom. The number of unbranched alkanes of at least 4 members (excludes halogenated alkanes) is 4. The maximum atomic E-state index is 12.2. The molecule has 2 aromatic rings. The van der Waals surface area contributed by atoms with Crippen molar-refractivity contribution in [3.8, 4) is 0 Å². The molecule has 6 heteroatoms. The van der Waals surface area contributed by atoms with E-state index in [9.17, 15) is 4.79 Å². The zero-order valence-electron chi connectivity index (χ0n) is 28.2. The second kappa shape index (κ2) is 17.1. The number of allylic oxidation sites excluding steroid dienone is 6. The van der Waals surface area contributed by atoms with E-state index in [0.717, 1.165) is 51.7 Å². The third kappa shape index (κ3) is 8.65. The summed E-state index contributed by atoms with van der Waals surface area (Å²) < 4.78 is 2.49. The van der Waals surface area contributed by atoms with Crippen LogP contribution in [-0.2, 0) is 15.6 Å². The first-order valence-corrected chi connectivity index (χ1v) is 16.9. The standard InChI is InChI=1S/C39H54N4O.BrH/c1-6-7-29-42-33-22-15-13-20-31(33)38(2,3)35(42)24-10-8-11-25-36-39(4,5)32-21-14-16-23-34(32)43(36)30-19-9-12-26-37(44)41-28-18-17-27-40;/h8,10-11,13-16,20-25H,6-7,9,12,17-19,26-30,40H2,1-5H3;1H. The van der Waals surface area contributed by atoms with Gasteiger partial charge in [-0.25, -0.2) is 0 Å². The number of nitrogens with two attached hydrogens (primary N) is 1. The molecule has 0 aliphatic carbocycles. The Labute approximate surface area is 283 Å². The number of carbonyl (C=O) groups is 1.